The molecule has 0 saturated carbocycles. The van der Waals surface area contributed by atoms with Gasteiger partial charge in [-0.2, -0.15) is 4.98 Å². The molecule has 0 saturated heterocycles. The minimum Gasteiger partial charge on any atom is -0.337 e. The molecule has 0 aliphatic rings. The van der Waals surface area contributed by atoms with E-state index < -0.39 is 0 Å². The lowest BCUT2D eigenvalue weighted by Gasteiger charge is -1.92. The lowest BCUT2D eigenvalue weighted by atomic mass is 10.4. The Balaban J connectivity index is 2.34. The first-order chi connectivity index (χ1) is 6.77. The van der Waals surface area contributed by atoms with E-state index in [4.69, 9.17) is 10.3 Å². The van der Waals surface area contributed by atoms with Crippen LogP contribution in [0.15, 0.2) is 23.0 Å². The average molecular weight is 191 g/mol. The molecule has 14 heavy (non-hydrogen) atoms. The Morgan fingerprint density at radius 2 is 2.00 bits per heavy atom. The van der Waals surface area contributed by atoms with Crippen LogP contribution in [0.1, 0.15) is 18.9 Å². The largest absolute Gasteiger partial charge is 0.337 e. The van der Waals surface area contributed by atoms with Gasteiger partial charge in [-0.15, -0.1) is 0 Å². The standard InChI is InChI=1S/C8H9N5O/c1-5(9)8-12-7(13-14-8)6-10-3-2-4-11-6/h2-5H,9H2,1H3/t5-/m1/s1. The van der Waals surface area contributed by atoms with E-state index in [1.807, 2.05) is 0 Å². The second-order valence-corrected chi connectivity index (χ2v) is 2.82. The van der Waals surface area contributed by atoms with E-state index >= 15 is 0 Å². The van der Waals surface area contributed by atoms with Gasteiger partial charge in [0.2, 0.25) is 17.5 Å². The highest BCUT2D eigenvalue weighted by Crippen LogP contribution is 2.12. The lowest BCUT2D eigenvalue weighted by molar-refractivity contribution is 0.362. The molecule has 2 aromatic heterocycles. The van der Waals surface area contributed by atoms with Crippen molar-refractivity contribution in [1.29, 1.82) is 0 Å². The van der Waals surface area contributed by atoms with Crippen molar-refractivity contribution in [2.75, 3.05) is 0 Å². The first-order valence-electron chi connectivity index (χ1n) is 4.14. The maximum absolute atomic E-state index is 5.57. The van der Waals surface area contributed by atoms with Gasteiger partial charge < -0.3 is 10.3 Å². The first kappa shape index (κ1) is 8.76. The highest BCUT2D eigenvalue weighted by molar-refractivity contribution is 5.40. The zero-order valence-corrected chi connectivity index (χ0v) is 7.58. The molecule has 0 bridgehead atoms. The van der Waals surface area contributed by atoms with Gasteiger partial charge in [0.15, 0.2) is 0 Å². The Kier molecular flexibility index (Phi) is 2.19. The third kappa shape index (κ3) is 1.60. The predicted molar refractivity (Wildman–Crippen MR) is 47.9 cm³/mol. The first-order valence-corrected chi connectivity index (χ1v) is 4.14. The fourth-order valence-electron chi connectivity index (χ4n) is 0.926. The Bertz CT molecular complexity index is 411. The summed E-state index contributed by atoms with van der Waals surface area (Å²) in [5.74, 6) is 1.17. The predicted octanol–water partition coefficient (Wildman–Crippen LogP) is 0.546. The number of nitrogens with zero attached hydrogens (tertiary/aromatic N) is 4. The molecule has 0 spiro atoms. The van der Waals surface area contributed by atoms with Crippen molar-refractivity contribution in [2.45, 2.75) is 13.0 Å². The monoisotopic (exact) mass is 191 g/mol. The number of hydrogen-bond donors (Lipinski definition) is 1. The highest BCUT2D eigenvalue weighted by Gasteiger charge is 2.12. The van der Waals surface area contributed by atoms with Gasteiger partial charge in [-0.05, 0) is 13.0 Å². The molecule has 0 aliphatic heterocycles. The summed E-state index contributed by atoms with van der Waals surface area (Å²) < 4.78 is 4.91. The number of hydrogen-bond acceptors (Lipinski definition) is 6. The van der Waals surface area contributed by atoms with Crippen LogP contribution in [0.2, 0.25) is 0 Å². The lowest BCUT2D eigenvalue weighted by Crippen LogP contribution is -2.04. The van der Waals surface area contributed by atoms with Gasteiger partial charge >= 0.3 is 0 Å². The van der Waals surface area contributed by atoms with Gasteiger partial charge in [0, 0.05) is 12.4 Å². The molecule has 1 atom stereocenters. The van der Waals surface area contributed by atoms with Gasteiger partial charge in [0.1, 0.15) is 0 Å². The van der Waals surface area contributed by atoms with Gasteiger partial charge in [-0.1, -0.05) is 5.16 Å². The van der Waals surface area contributed by atoms with Crippen LogP contribution in [-0.4, -0.2) is 20.1 Å². The molecule has 0 fully saturated rings. The molecule has 6 nitrogen and oxygen atoms in total. The van der Waals surface area contributed by atoms with Crippen molar-refractivity contribution in [3.63, 3.8) is 0 Å². The van der Waals surface area contributed by atoms with E-state index in [2.05, 4.69) is 20.1 Å². The van der Waals surface area contributed by atoms with E-state index in [9.17, 15) is 0 Å². The normalized spacial score (nSPS) is 12.7. The molecule has 2 rings (SSSR count). The third-order valence-corrected chi connectivity index (χ3v) is 1.60. The number of rotatable bonds is 2. The molecule has 0 radical (unpaired) electrons. The Labute approximate surface area is 80.2 Å². The second-order valence-electron chi connectivity index (χ2n) is 2.82. The van der Waals surface area contributed by atoms with E-state index in [0.717, 1.165) is 0 Å². The molecule has 72 valence electrons. The van der Waals surface area contributed by atoms with Gasteiger partial charge in [0.05, 0.1) is 6.04 Å². The molecule has 2 heterocycles. The van der Waals surface area contributed by atoms with Crippen molar-refractivity contribution >= 4 is 0 Å². The summed E-state index contributed by atoms with van der Waals surface area (Å²) in [7, 11) is 0. The summed E-state index contributed by atoms with van der Waals surface area (Å²) in [5, 5.41) is 3.72. The van der Waals surface area contributed by atoms with Crippen molar-refractivity contribution in [3.8, 4) is 11.6 Å². The third-order valence-electron chi connectivity index (χ3n) is 1.60. The SMILES string of the molecule is C[C@@H](N)c1nc(-c2ncccn2)no1. The fraction of sp³-hybridized carbons (Fsp3) is 0.250. The quantitative estimate of drug-likeness (QED) is 0.745. The minimum atomic E-state index is -0.278. The van der Waals surface area contributed by atoms with E-state index in [1.54, 1.807) is 25.4 Å². The summed E-state index contributed by atoms with van der Waals surface area (Å²) in [6.45, 7) is 1.77. The molecule has 0 aliphatic carbocycles. The van der Waals surface area contributed by atoms with Crippen molar-refractivity contribution in [1.82, 2.24) is 20.1 Å². The summed E-state index contributed by atoms with van der Waals surface area (Å²) in [5.41, 5.74) is 5.57. The zero-order valence-electron chi connectivity index (χ0n) is 7.58. The Morgan fingerprint density at radius 1 is 1.29 bits per heavy atom. The van der Waals surface area contributed by atoms with Crippen LogP contribution >= 0.6 is 0 Å². The molecule has 0 unspecified atom stereocenters. The molecule has 2 N–H and O–H groups in total. The van der Waals surface area contributed by atoms with Crippen LogP contribution in [-0.2, 0) is 0 Å². The number of aromatic nitrogens is 4. The van der Waals surface area contributed by atoms with Crippen LogP contribution in [0.4, 0.5) is 0 Å². The zero-order chi connectivity index (χ0) is 9.97. The van der Waals surface area contributed by atoms with Crippen molar-refractivity contribution in [3.05, 3.63) is 24.4 Å². The van der Waals surface area contributed by atoms with Crippen LogP contribution in [0.3, 0.4) is 0 Å². The smallest absolute Gasteiger partial charge is 0.243 e. The summed E-state index contributed by atoms with van der Waals surface area (Å²) in [6.07, 6.45) is 3.23. The molecule has 2 aromatic rings. The van der Waals surface area contributed by atoms with Crippen LogP contribution in [0.5, 0.6) is 0 Å². The Morgan fingerprint density at radius 3 is 2.57 bits per heavy atom. The minimum absolute atomic E-state index is 0.278. The van der Waals surface area contributed by atoms with Crippen LogP contribution in [0.25, 0.3) is 11.6 Å². The van der Waals surface area contributed by atoms with Crippen LogP contribution < -0.4 is 5.73 Å². The highest BCUT2D eigenvalue weighted by atomic mass is 16.5. The molecule has 6 heteroatoms. The van der Waals surface area contributed by atoms with Crippen molar-refractivity contribution in [2.24, 2.45) is 5.73 Å². The molecule has 0 amide bonds. The molecular formula is C8H9N5O. The summed E-state index contributed by atoms with van der Waals surface area (Å²) in [6, 6.07) is 1.44. The summed E-state index contributed by atoms with van der Waals surface area (Å²) >= 11 is 0. The van der Waals surface area contributed by atoms with Crippen LogP contribution in [0, 0.1) is 0 Å². The maximum atomic E-state index is 5.57. The van der Waals surface area contributed by atoms with E-state index in [1.165, 1.54) is 0 Å². The van der Waals surface area contributed by atoms with Gasteiger partial charge in [-0.3, -0.25) is 0 Å². The van der Waals surface area contributed by atoms with Gasteiger partial charge in [0.25, 0.3) is 0 Å². The molecular weight excluding hydrogens is 182 g/mol. The maximum Gasteiger partial charge on any atom is 0.243 e. The number of nitrogens with two attached hydrogens (primary N) is 1. The Hall–Kier alpha value is -1.82. The summed E-state index contributed by atoms with van der Waals surface area (Å²) in [4.78, 5) is 12.0. The molecule has 0 aromatic carbocycles. The van der Waals surface area contributed by atoms with E-state index in [0.29, 0.717) is 17.5 Å². The average Bonchev–Trinajstić information content (AvgIpc) is 2.68. The van der Waals surface area contributed by atoms with Crippen molar-refractivity contribution < 1.29 is 4.52 Å². The van der Waals surface area contributed by atoms with E-state index in [-0.39, 0.29) is 6.04 Å². The second kappa shape index (κ2) is 3.51. The van der Waals surface area contributed by atoms with Gasteiger partial charge in [-0.25, -0.2) is 9.97 Å². The topological polar surface area (TPSA) is 90.7 Å². The fourth-order valence-corrected chi connectivity index (χ4v) is 0.926.